The van der Waals surface area contributed by atoms with Crippen LogP contribution in [0.15, 0.2) is 24.3 Å². The molecule has 1 aromatic carbocycles. The Kier molecular flexibility index (Phi) is 14.5. The third kappa shape index (κ3) is 17.1. The van der Waals surface area contributed by atoms with E-state index in [0.29, 0.717) is 0 Å². The second-order valence-corrected chi connectivity index (χ2v) is 9.31. The molecule has 0 aliphatic heterocycles. The summed E-state index contributed by atoms with van der Waals surface area (Å²) in [6.45, 7) is 7.46. The highest BCUT2D eigenvalue weighted by Gasteiger charge is 2.23. The van der Waals surface area contributed by atoms with Crippen molar-refractivity contribution in [2.75, 3.05) is 0 Å². The summed E-state index contributed by atoms with van der Waals surface area (Å²) in [5.74, 6) is -4.73. The van der Waals surface area contributed by atoms with Crippen molar-refractivity contribution in [1.82, 2.24) is 21.3 Å². The highest BCUT2D eigenvalue weighted by molar-refractivity contribution is 5.83. The van der Waals surface area contributed by atoms with Crippen LogP contribution >= 0.6 is 0 Å². The van der Waals surface area contributed by atoms with Crippen LogP contribution < -0.4 is 21.3 Å². The molecule has 0 heterocycles. The van der Waals surface area contributed by atoms with Crippen molar-refractivity contribution < 1.29 is 49.2 Å². The van der Waals surface area contributed by atoms with Crippen molar-refractivity contribution in [1.29, 1.82) is 0 Å². The van der Waals surface area contributed by atoms with Crippen LogP contribution in [0.1, 0.15) is 57.6 Å². The summed E-state index contributed by atoms with van der Waals surface area (Å²) >= 11 is 0. The average molecular weight is 541 g/mol. The van der Waals surface area contributed by atoms with Crippen molar-refractivity contribution in [3.05, 3.63) is 35.4 Å². The maximum absolute atomic E-state index is 11.6. The van der Waals surface area contributed by atoms with Crippen LogP contribution in [0.4, 0.5) is 9.59 Å². The van der Waals surface area contributed by atoms with Crippen LogP contribution in [0.5, 0.6) is 0 Å². The number of amides is 4. The molecule has 0 radical (unpaired) electrons. The van der Waals surface area contributed by atoms with E-state index in [1.165, 1.54) is 0 Å². The van der Waals surface area contributed by atoms with Gasteiger partial charge in [-0.3, -0.25) is 9.59 Å². The van der Waals surface area contributed by atoms with Gasteiger partial charge in [-0.05, 0) is 46.1 Å². The number of rotatable bonds is 12. The zero-order chi connectivity index (χ0) is 29.5. The number of urea groups is 2. The number of aryl methyl sites for hydroxylation is 1. The van der Waals surface area contributed by atoms with Gasteiger partial charge in [-0.15, -0.1) is 0 Å². The first-order valence-corrected chi connectivity index (χ1v) is 11.6. The number of carbonyl (C=O) groups is 6. The monoisotopic (exact) mass is 540 g/mol. The summed E-state index contributed by atoms with van der Waals surface area (Å²) in [4.78, 5) is 65.4. The molecule has 2 atom stereocenters. The van der Waals surface area contributed by atoms with E-state index >= 15 is 0 Å². The number of carbonyl (C=O) groups excluding carboxylic acids is 2. The lowest BCUT2D eigenvalue weighted by molar-refractivity contribution is -0.142. The predicted octanol–water partition coefficient (Wildman–Crippen LogP) is 1.51. The quantitative estimate of drug-likeness (QED) is 0.190. The van der Waals surface area contributed by atoms with Crippen molar-refractivity contribution in [2.45, 2.75) is 77.5 Å². The minimum Gasteiger partial charge on any atom is -0.481 e. The first kappa shape index (κ1) is 33.6. The molecule has 8 N–H and O–H groups in total. The molecule has 212 valence electrons. The predicted molar refractivity (Wildman–Crippen MR) is 135 cm³/mol. The zero-order valence-electron chi connectivity index (χ0n) is 21.7. The fourth-order valence-electron chi connectivity index (χ4n) is 2.68. The Bertz CT molecular complexity index is 973. The van der Waals surface area contributed by atoms with Crippen LogP contribution in [-0.2, 0) is 25.7 Å². The van der Waals surface area contributed by atoms with Gasteiger partial charge in [0.15, 0.2) is 0 Å². The molecule has 0 saturated carbocycles. The Morgan fingerprint density at radius 1 is 0.737 bits per heavy atom. The molecule has 0 bridgehead atoms. The Balaban J connectivity index is 0.000000739. The number of aliphatic carboxylic acids is 4. The van der Waals surface area contributed by atoms with E-state index in [2.05, 4.69) is 21.3 Å². The molecule has 0 spiro atoms. The van der Waals surface area contributed by atoms with Gasteiger partial charge in [-0.2, -0.15) is 0 Å². The lowest BCUT2D eigenvalue weighted by atomic mass is 10.1. The number of benzene rings is 1. The number of carboxylic acids is 4. The van der Waals surface area contributed by atoms with Gasteiger partial charge in [0.25, 0.3) is 0 Å². The highest BCUT2D eigenvalue weighted by atomic mass is 16.4. The van der Waals surface area contributed by atoms with Gasteiger partial charge in [0, 0.05) is 24.9 Å². The number of carboxylic acid groups (broad SMARTS) is 4. The lowest BCUT2D eigenvalue weighted by Crippen LogP contribution is -2.51. The topological polar surface area (TPSA) is 231 Å². The SMILES string of the molecule is CC(C)(C)NC(=O)NC(CCC(=O)O)C(=O)O.Cc1ccc(CNC(=O)NC(CCC(=O)O)C(=O)O)cc1. The van der Waals surface area contributed by atoms with Crippen molar-refractivity contribution in [3.8, 4) is 0 Å². The maximum Gasteiger partial charge on any atom is 0.326 e. The van der Waals surface area contributed by atoms with Gasteiger partial charge in [0.1, 0.15) is 12.1 Å². The van der Waals surface area contributed by atoms with Crippen molar-refractivity contribution in [3.63, 3.8) is 0 Å². The minimum atomic E-state index is -1.26. The van der Waals surface area contributed by atoms with E-state index < -0.39 is 53.6 Å². The summed E-state index contributed by atoms with van der Waals surface area (Å²) in [5.41, 5.74) is 1.50. The molecule has 0 fully saturated rings. The first-order chi connectivity index (χ1) is 17.5. The fraction of sp³-hybridized carbons (Fsp3) is 0.500. The van der Waals surface area contributed by atoms with Gasteiger partial charge < -0.3 is 41.7 Å². The molecule has 14 nitrogen and oxygen atoms in total. The van der Waals surface area contributed by atoms with Gasteiger partial charge in [0.05, 0.1) is 0 Å². The van der Waals surface area contributed by atoms with Crippen LogP contribution in [0, 0.1) is 6.92 Å². The first-order valence-electron chi connectivity index (χ1n) is 11.6. The third-order valence-electron chi connectivity index (χ3n) is 4.56. The largest absolute Gasteiger partial charge is 0.481 e. The summed E-state index contributed by atoms with van der Waals surface area (Å²) in [5, 5.41) is 44.2. The van der Waals surface area contributed by atoms with Crippen LogP contribution in [-0.4, -0.2) is 74.0 Å². The second-order valence-electron chi connectivity index (χ2n) is 9.31. The number of hydrogen-bond acceptors (Lipinski definition) is 6. The lowest BCUT2D eigenvalue weighted by Gasteiger charge is -2.22. The van der Waals surface area contributed by atoms with Crippen molar-refractivity contribution in [2.24, 2.45) is 0 Å². The number of nitrogens with one attached hydrogen (secondary N) is 4. The number of hydrogen-bond donors (Lipinski definition) is 8. The van der Waals surface area contributed by atoms with Crippen LogP contribution in [0.25, 0.3) is 0 Å². The molecule has 0 aliphatic rings. The van der Waals surface area contributed by atoms with Crippen molar-refractivity contribution >= 4 is 35.9 Å². The smallest absolute Gasteiger partial charge is 0.326 e. The van der Waals surface area contributed by atoms with Gasteiger partial charge >= 0.3 is 35.9 Å². The Morgan fingerprint density at radius 3 is 1.53 bits per heavy atom. The molecule has 1 rings (SSSR count). The molecule has 38 heavy (non-hydrogen) atoms. The summed E-state index contributed by atoms with van der Waals surface area (Å²) in [7, 11) is 0. The standard InChI is InChI=1S/C14H18N2O5.C10H18N2O5/c1-9-2-4-10(5-3-9)8-15-14(21)16-11(13(19)20)6-7-12(17)18;1-10(2,3)12-9(17)11-6(8(15)16)4-5-7(13)14/h2-5,11H,6-8H2,1H3,(H,17,18)(H,19,20)(H2,15,16,21);6H,4-5H2,1-3H3,(H,13,14)(H,15,16)(H2,11,12,17). The summed E-state index contributed by atoms with van der Waals surface area (Å²) in [6, 6.07) is 3.82. The molecule has 0 aromatic heterocycles. The molecule has 2 unspecified atom stereocenters. The molecule has 0 saturated heterocycles. The molecule has 0 aliphatic carbocycles. The van der Waals surface area contributed by atoms with Crippen LogP contribution in [0.3, 0.4) is 0 Å². The van der Waals surface area contributed by atoms with E-state index in [-0.39, 0.29) is 32.2 Å². The Morgan fingerprint density at radius 2 is 1.16 bits per heavy atom. The Hall–Kier alpha value is -4.36. The van der Waals surface area contributed by atoms with E-state index in [1.807, 2.05) is 31.2 Å². The zero-order valence-corrected chi connectivity index (χ0v) is 21.7. The van der Waals surface area contributed by atoms with Crippen LogP contribution in [0.2, 0.25) is 0 Å². The summed E-state index contributed by atoms with van der Waals surface area (Å²) in [6.07, 6.45) is -0.952. The van der Waals surface area contributed by atoms with Gasteiger partial charge in [-0.25, -0.2) is 19.2 Å². The van der Waals surface area contributed by atoms with E-state index in [1.54, 1.807) is 20.8 Å². The van der Waals surface area contributed by atoms with E-state index in [9.17, 15) is 28.8 Å². The molecule has 4 amide bonds. The molecular weight excluding hydrogens is 504 g/mol. The molecule has 14 heteroatoms. The van der Waals surface area contributed by atoms with E-state index in [0.717, 1.165) is 11.1 Å². The highest BCUT2D eigenvalue weighted by Crippen LogP contribution is 2.03. The Labute approximate surface area is 219 Å². The van der Waals surface area contributed by atoms with E-state index in [4.69, 9.17) is 20.4 Å². The maximum atomic E-state index is 11.6. The minimum absolute atomic E-state index is 0.151. The second kappa shape index (κ2) is 16.4. The van der Waals surface area contributed by atoms with Gasteiger partial charge in [-0.1, -0.05) is 29.8 Å². The molecule has 1 aromatic rings. The van der Waals surface area contributed by atoms with Gasteiger partial charge in [0.2, 0.25) is 0 Å². The normalized spacial score (nSPS) is 12.0. The fourth-order valence-corrected chi connectivity index (χ4v) is 2.68. The molecular formula is C24H36N4O10. The third-order valence-corrected chi connectivity index (χ3v) is 4.56. The average Bonchev–Trinajstić information content (AvgIpc) is 2.77. The summed E-state index contributed by atoms with van der Waals surface area (Å²) < 4.78 is 0.